The number of para-hydroxylation sites is 1. The number of nitrogens with zero attached hydrogens (tertiary/aromatic N) is 2. The van der Waals surface area contributed by atoms with Crippen molar-refractivity contribution in [3.63, 3.8) is 0 Å². The molecule has 3 rings (SSSR count). The Morgan fingerprint density at radius 1 is 1.50 bits per heavy atom. The van der Waals surface area contributed by atoms with E-state index in [1.807, 2.05) is 18.2 Å². The topological polar surface area (TPSA) is 81.1 Å². The van der Waals surface area contributed by atoms with Gasteiger partial charge in [0.05, 0.1) is 22.7 Å². The monoisotopic (exact) mass is 319 g/mol. The maximum atomic E-state index is 11.8. The lowest BCUT2D eigenvalue weighted by Crippen LogP contribution is -2.23. The third-order valence-corrected chi connectivity index (χ3v) is 4.73. The molecule has 1 aromatic heterocycles. The molecule has 2 aromatic rings. The van der Waals surface area contributed by atoms with Gasteiger partial charge in [-0.3, -0.25) is 4.79 Å². The molecule has 0 amide bonds. The first-order chi connectivity index (χ1) is 10.6. The lowest BCUT2D eigenvalue weighted by atomic mass is 9.98. The minimum Gasteiger partial charge on any atom is -0.481 e. The molecule has 0 saturated heterocycles. The molecule has 22 heavy (non-hydrogen) atoms. The van der Waals surface area contributed by atoms with Crippen LogP contribution in [0.15, 0.2) is 36.8 Å². The summed E-state index contributed by atoms with van der Waals surface area (Å²) in [6.45, 7) is 0.584. The van der Waals surface area contributed by atoms with E-state index in [0.717, 1.165) is 18.5 Å². The predicted octanol–water partition coefficient (Wildman–Crippen LogP) is 2.61. The summed E-state index contributed by atoms with van der Waals surface area (Å²) in [6.07, 6.45) is 5.69. The molecule has 6 heteroatoms. The van der Waals surface area contributed by atoms with Gasteiger partial charge in [-0.25, -0.2) is 4.98 Å². The van der Waals surface area contributed by atoms with Gasteiger partial charge in [0, 0.05) is 6.20 Å². The molecule has 0 spiro atoms. The number of carbonyl (C=O) groups is 1. The number of halogens is 1. The zero-order chi connectivity index (χ0) is 15.7. The molecule has 0 bridgehead atoms. The highest BCUT2D eigenvalue weighted by molar-refractivity contribution is 6.32. The second-order valence-electron chi connectivity index (χ2n) is 5.73. The Bertz CT molecular complexity index is 700. The zero-order valence-electron chi connectivity index (χ0n) is 12.1. The van der Waals surface area contributed by atoms with Gasteiger partial charge in [0.2, 0.25) is 0 Å². The fourth-order valence-corrected chi connectivity index (χ4v) is 3.31. The average molecular weight is 320 g/mol. The summed E-state index contributed by atoms with van der Waals surface area (Å²) in [7, 11) is 0. The summed E-state index contributed by atoms with van der Waals surface area (Å²) in [4.78, 5) is 16.1. The Morgan fingerprint density at radius 3 is 2.95 bits per heavy atom. The fourth-order valence-electron chi connectivity index (χ4n) is 3.07. The van der Waals surface area contributed by atoms with Crippen molar-refractivity contribution in [3.8, 4) is 5.69 Å². The van der Waals surface area contributed by atoms with Crippen molar-refractivity contribution in [1.29, 1.82) is 0 Å². The highest BCUT2D eigenvalue weighted by atomic mass is 35.5. The van der Waals surface area contributed by atoms with Crippen LogP contribution < -0.4 is 5.73 Å². The maximum Gasteiger partial charge on any atom is 0.316 e. The van der Waals surface area contributed by atoms with Gasteiger partial charge in [-0.2, -0.15) is 0 Å². The maximum absolute atomic E-state index is 11.8. The summed E-state index contributed by atoms with van der Waals surface area (Å²) in [5.74, 6) is -0.693. The number of hydrogen-bond donors (Lipinski definition) is 2. The molecule has 1 aliphatic rings. The van der Waals surface area contributed by atoms with Crippen molar-refractivity contribution >= 4 is 17.6 Å². The molecular weight excluding hydrogens is 302 g/mol. The van der Waals surface area contributed by atoms with E-state index in [1.54, 1.807) is 23.2 Å². The van der Waals surface area contributed by atoms with Crippen molar-refractivity contribution in [3.05, 3.63) is 47.5 Å². The van der Waals surface area contributed by atoms with Crippen LogP contribution in [0.4, 0.5) is 0 Å². The number of benzene rings is 1. The van der Waals surface area contributed by atoms with Crippen LogP contribution in [0.5, 0.6) is 0 Å². The number of nitrogens with two attached hydrogens (primary N) is 1. The lowest BCUT2D eigenvalue weighted by Gasteiger charge is -2.09. The van der Waals surface area contributed by atoms with Crippen molar-refractivity contribution in [2.24, 2.45) is 11.7 Å². The first-order valence-corrected chi connectivity index (χ1v) is 7.70. The van der Waals surface area contributed by atoms with Gasteiger partial charge in [0.15, 0.2) is 0 Å². The molecule has 1 heterocycles. The highest BCUT2D eigenvalue weighted by Crippen LogP contribution is 2.56. The SMILES string of the molecule is NCCCC1CC1(C(=O)O)c1cn(-c2ccccc2Cl)cn1. The Balaban J connectivity index is 1.90. The minimum atomic E-state index is -0.859. The first-order valence-electron chi connectivity index (χ1n) is 7.32. The fraction of sp³-hybridized carbons (Fsp3) is 0.375. The Kier molecular flexibility index (Phi) is 3.93. The molecule has 1 aromatic carbocycles. The van der Waals surface area contributed by atoms with E-state index < -0.39 is 11.4 Å². The van der Waals surface area contributed by atoms with Crippen LogP contribution in [-0.4, -0.2) is 27.2 Å². The third kappa shape index (κ3) is 2.40. The molecule has 116 valence electrons. The first kappa shape index (κ1) is 15.1. The van der Waals surface area contributed by atoms with Crippen molar-refractivity contribution in [2.75, 3.05) is 6.54 Å². The zero-order valence-corrected chi connectivity index (χ0v) is 12.8. The smallest absolute Gasteiger partial charge is 0.316 e. The summed E-state index contributed by atoms with van der Waals surface area (Å²) in [5, 5.41) is 10.3. The van der Waals surface area contributed by atoms with E-state index in [9.17, 15) is 9.90 Å². The second kappa shape index (κ2) is 5.74. The largest absolute Gasteiger partial charge is 0.481 e. The number of aliphatic carboxylic acids is 1. The van der Waals surface area contributed by atoms with Crippen molar-refractivity contribution in [1.82, 2.24) is 9.55 Å². The number of hydrogen-bond acceptors (Lipinski definition) is 3. The Hall–Kier alpha value is -1.85. The quantitative estimate of drug-likeness (QED) is 0.857. The molecule has 1 aliphatic carbocycles. The second-order valence-corrected chi connectivity index (χ2v) is 6.13. The van der Waals surface area contributed by atoms with E-state index in [1.165, 1.54) is 0 Å². The Labute approximate surface area is 133 Å². The molecule has 1 saturated carbocycles. The van der Waals surface area contributed by atoms with Gasteiger partial charge >= 0.3 is 5.97 Å². The number of carboxylic acid groups (broad SMARTS) is 1. The van der Waals surface area contributed by atoms with Gasteiger partial charge < -0.3 is 15.4 Å². The highest BCUT2D eigenvalue weighted by Gasteiger charge is 2.62. The predicted molar refractivity (Wildman–Crippen MR) is 84.3 cm³/mol. The van der Waals surface area contributed by atoms with Gasteiger partial charge in [0.25, 0.3) is 0 Å². The van der Waals surface area contributed by atoms with Crippen LogP contribution in [0.2, 0.25) is 5.02 Å². The molecule has 0 radical (unpaired) electrons. The van der Waals surface area contributed by atoms with Crippen LogP contribution in [0.3, 0.4) is 0 Å². The molecule has 1 fully saturated rings. The molecule has 2 unspecified atom stereocenters. The lowest BCUT2D eigenvalue weighted by molar-refractivity contribution is -0.140. The molecule has 3 N–H and O–H groups in total. The average Bonchev–Trinajstić information content (AvgIpc) is 3.04. The third-order valence-electron chi connectivity index (χ3n) is 4.41. The van der Waals surface area contributed by atoms with Crippen LogP contribution in [0.1, 0.15) is 25.0 Å². The van der Waals surface area contributed by atoms with E-state index in [4.69, 9.17) is 17.3 Å². The number of aromatic nitrogens is 2. The van der Waals surface area contributed by atoms with Crippen LogP contribution >= 0.6 is 11.6 Å². The van der Waals surface area contributed by atoms with Crippen LogP contribution in [0, 0.1) is 5.92 Å². The van der Waals surface area contributed by atoms with Crippen LogP contribution in [-0.2, 0) is 10.2 Å². The van der Waals surface area contributed by atoms with Gasteiger partial charge in [0.1, 0.15) is 5.41 Å². The minimum absolute atomic E-state index is 0.114. The van der Waals surface area contributed by atoms with Crippen molar-refractivity contribution < 1.29 is 9.90 Å². The molecule has 2 atom stereocenters. The van der Waals surface area contributed by atoms with E-state index in [0.29, 0.717) is 23.7 Å². The number of imidazole rings is 1. The number of rotatable bonds is 6. The van der Waals surface area contributed by atoms with E-state index >= 15 is 0 Å². The van der Waals surface area contributed by atoms with Gasteiger partial charge in [-0.1, -0.05) is 23.7 Å². The summed E-state index contributed by atoms with van der Waals surface area (Å²) < 4.78 is 1.78. The molecule has 0 aliphatic heterocycles. The van der Waals surface area contributed by atoms with E-state index in [2.05, 4.69) is 4.98 Å². The molecule has 5 nitrogen and oxygen atoms in total. The molecular formula is C16H18ClN3O2. The van der Waals surface area contributed by atoms with Crippen molar-refractivity contribution in [2.45, 2.75) is 24.7 Å². The normalized spacial score (nSPS) is 23.5. The number of carboxylic acids is 1. The standard InChI is InChI=1S/C16H18ClN3O2/c17-12-5-1-2-6-13(12)20-9-14(19-10-20)16(15(21)22)8-11(16)4-3-7-18/h1-2,5-6,9-11H,3-4,7-8,18H2,(H,21,22). The summed E-state index contributed by atoms with van der Waals surface area (Å²) in [6, 6.07) is 7.41. The summed E-state index contributed by atoms with van der Waals surface area (Å²) in [5.41, 5.74) is 6.06. The van der Waals surface area contributed by atoms with Gasteiger partial charge in [-0.05, 0) is 43.9 Å². The van der Waals surface area contributed by atoms with Gasteiger partial charge in [-0.15, -0.1) is 0 Å². The Morgan fingerprint density at radius 2 is 2.27 bits per heavy atom. The summed E-state index contributed by atoms with van der Waals surface area (Å²) >= 11 is 6.18. The van der Waals surface area contributed by atoms with E-state index in [-0.39, 0.29) is 5.92 Å². The van der Waals surface area contributed by atoms with Crippen LogP contribution in [0.25, 0.3) is 5.69 Å².